The number of hydroxylamine groups is 2. The van der Waals surface area contributed by atoms with E-state index in [1.54, 1.807) is 16.8 Å². The normalized spacial score (nSPS) is 23.4. The van der Waals surface area contributed by atoms with Gasteiger partial charge in [0.05, 0.1) is 12.4 Å². The summed E-state index contributed by atoms with van der Waals surface area (Å²) in [4.78, 5) is 17.1. The first-order chi connectivity index (χ1) is 7.86. The smallest absolute Gasteiger partial charge is 0.256 e. The molecule has 0 bridgehead atoms. The standard InChI is InChI=1S/C11H20N2O2S/c14-11(13-7-1-2-8-15-13)9-16-10-3-5-12-6-4-10/h10,12H,1-9H2. The average molecular weight is 244 g/mol. The van der Waals surface area contributed by atoms with Crippen molar-refractivity contribution in [2.75, 3.05) is 32.0 Å². The van der Waals surface area contributed by atoms with Crippen LogP contribution in [0.5, 0.6) is 0 Å². The zero-order valence-electron chi connectivity index (χ0n) is 9.61. The number of carbonyl (C=O) groups excluding carboxylic acids is 1. The molecular formula is C11H20N2O2S. The van der Waals surface area contributed by atoms with Gasteiger partial charge in [0.15, 0.2) is 0 Å². The highest BCUT2D eigenvalue weighted by Crippen LogP contribution is 2.21. The summed E-state index contributed by atoms with van der Waals surface area (Å²) >= 11 is 1.79. The second-order valence-corrected chi connectivity index (χ2v) is 5.59. The van der Waals surface area contributed by atoms with Crippen LogP contribution in [0.3, 0.4) is 0 Å². The average Bonchev–Trinajstić information content (AvgIpc) is 2.38. The lowest BCUT2D eigenvalue weighted by molar-refractivity contribution is -0.194. The molecule has 2 heterocycles. The lowest BCUT2D eigenvalue weighted by Gasteiger charge is -2.27. The van der Waals surface area contributed by atoms with Crippen molar-refractivity contribution in [3.05, 3.63) is 0 Å². The van der Waals surface area contributed by atoms with Crippen molar-refractivity contribution < 1.29 is 9.63 Å². The minimum Gasteiger partial charge on any atom is -0.317 e. The second kappa shape index (κ2) is 6.47. The maximum Gasteiger partial charge on any atom is 0.256 e. The maximum atomic E-state index is 11.8. The second-order valence-electron chi connectivity index (χ2n) is 4.30. The van der Waals surface area contributed by atoms with E-state index in [0.29, 0.717) is 17.6 Å². The van der Waals surface area contributed by atoms with Crippen LogP contribution in [-0.4, -0.2) is 48.2 Å². The molecule has 0 aromatic carbocycles. The fraction of sp³-hybridized carbons (Fsp3) is 0.909. The van der Waals surface area contributed by atoms with Crippen LogP contribution in [-0.2, 0) is 9.63 Å². The van der Waals surface area contributed by atoms with Gasteiger partial charge in [0.1, 0.15) is 0 Å². The van der Waals surface area contributed by atoms with E-state index in [1.807, 2.05) is 0 Å². The predicted molar refractivity (Wildman–Crippen MR) is 65.2 cm³/mol. The molecule has 1 N–H and O–H groups in total. The first-order valence-corrected chi connectivity index (χ1v) is 7.17. The quantitative estimate of drug-likeness (QED) is 0.805. The van der Waals surface area contributed by atoms with Crippen LogP contribution in [0.25, 0.3) is 0 Å². The van der Waals surface area contributed by atoms with Crippen molar-refractivity contribution in [2.24, 2.45) is 0 Å². The van der Waals surface area contributed by atoms with Crippen LogP contribution in [0.15, 0.2) is 0 Å². The van der Waals surface area contributed by atoms with Gasteiger partial charge < -0.3 is 5.32 Å². The van der Waals surface area contributed by atoms with E-state index in [2.05, 4.69) is 5.32 Å². The number of carbonyl (C=O) groups is 1. The third-order valence-corrected chi connectivity index (χ3v) is 4.37. The molecule has 0 aliphatic carbocycles. The van der Waals surface area contributed by atoms with Crippen LogP contribution in [0.4, 0.5) is 0 Å². The number of hydrogen-bond acceptors (Lipinski definition) is 4. The first kappa shape index (κ1) is 12.2. The molecule has 2 saturated heterocycles. The van der Waals surface area contributed by atoms with Gasteiger partial charge in [-0.3, -0.25) is 9.63 Å². The van der Waals surface area contributed by atoms with E-state index in [9.17, 15) is 4.79 Å². The molecule has 5 heteroatoms. The molecule has 0 saturated carbocycles. The highest BCUT2D eigenvalue weighted by Gasteiger charge is 2.20. The van der Waals surface area contributed by atoms with Gasteiger partial charge in [0.25, 0.3) is 5.91 Å². The Morgan fingerprint density at radius 2 is 2.19 bits per heavy atom. The first-order valence-electron chi connectivity index (χ1n) is 6.12. The number of piperidine rings is 1. The van der Waals surface area contributed by atoms with Crippen LogP contribution >= 0.6 is 11.8 Å². The van der Waals surface area contributed by atoms with E-state index < -0.39 is 0 Å². The van der Waals surface area contributed by atoms with Gasteiger partial charge in [-0.1, -0.05) is 0 Å². The highest BCUT2D eigenvalue weighted by atomic mass is 32.2. The van der Waals surface area contributed by atoms with Crippen molar-refractivity contribution in [3.8, 4) is 0 Å². The molecule has 92 valence electrons. The van der Waals surface area contributed by atoms with E-state index >= 15 is 0 Å². The van der Waals surface area contributed by atoms with Crippen molar-refractivity contribution >= 4 is 17.7 Å². The summed E-state index contributed by atoms with van der Waals surface area (Å²) in [5, 5.41) is 5.53. The summed E-state index contributed by atoms with van der Waals surface area (Å²) in [5.74, 6) is 0.716. The third kappa shape index (κ3) is 3.64. The SMILES string of the molecule is O=C(CSC1CCNCC1)N1CCCCO1. The molecular weight excluding hydrogens is 224 g/mol. The highest BCUT2D eigenvalue weighted by molar-refractivity contribution is 8.00. The summed E-state index contributed by atoms with van der Waals surface area (Å²) in [7, 11) is 0. The summed E-state index contributed by atoms with van der Waals surface area (Å²) in [5.41, 5.74) is 0. The molecule has 0 atom stereocenters. The van der Waals surface area contributed by atoms with Crippen LogP contribution in [0.2, 0.25) is 0 Å². The van der Waals surface area contributed by atoms with Gasteiger partial charge in [0.2, 0.25) is 0 Å². The van der Waals surface area contributed by atoms with Crippen LogP contribution in [0, 0.1) is 0 Å². The van der Waals surface area contributed by atoms with Gasteiger partial charge in [-0.2, -0.15) is 0 Å². The topological polar surface area (TPSA) is 41.6 Å². The Morgan fingerprint density at radius 1 is 1.38 bits per heavy atom. The molecule has 0 spiro atoms. The molecule has 4 nitrogen and oxygen atoms in total. The van der Waals surface area contributed by atoms with Crippen LogP contribution < -0.4 is 5.32 Å². The molecule has 2 aliphatic rings. The summed E-state index contributed by atoms with van der Waals surface area (Å²) in [6.45, 7) is 3.65. The Bertz CT molecular complexity index is 226. The summed E-state index contributed by atoms with van der Waals surface area (Å²) in [6, 6.07) is 0. The zero-order chi connectivity index (χ0) is 11.2. The third-order valence-electron chi connectivity index (χ3n) is 3.01. The molecule has 0 unspecified atom stereocenters. The predicted octanol–water partition coefficient (Wildman–Crippen LogP) is 1.03. The van der Waals surface area contributed by atoms with Crippen molar-refractivity contribution in [1.82, 2.24) is 10.4 Å². The zero-order valence-corrected chi connectivity index (χ0v) is 10.4. The monoisotopic (exact) mass is 244 g/mol. The Balaban J connectivity index is 1.65. The largest absolute Gasteiger partial charge is 0.317 e. The Morgan fingerprint density at radius 3 is 2.88 bits per heavy atom. The fourth-order valence-electron chi connectivity index (χ4n) is 2.02. The van der Waals surface area contributed by atoms with E-state index in [1.165, 1.54) is 12.8 Å². The van der Waals surface area contributed by atoms with Crippen molar-refractivity contribution in [3.63, 3.8) is 0 Å². The van der Waals surface area contributed by atoms with Gasteiger partial charge in [-0.25, -0.2) is 5.06 Å². The number of amides is 1. The number of thioether (sulfide) groups is 1. The number of hydrogen-bond donors (Lipinski definition) is 1. The van der Waals surface area contributed by atoms with E-state index in [4.69, 9.17) is 4.84 Å². The maximum absolute atomic E-state index is 11.8. The minimum atomic E-state index is 0.142. The molecule has 1 amide bonds. The minimum absolute atomic E-state index is 0.142. The Kier molecular flexibility index (Phi) is 4.93. The van der Waals surface area contributed by atoms with E-state index in [-0.39, 0.29) is 5.91 Å². The molecule has 2 rings (SSSR count). The van der Waals surface area contributed by atoms with E-state index in [0.717, 1.165) is 32.5 Å². The lowest BCUT2D eigenvalue weighted by Crippen LogP contribution is -2.37. The van der Waals surface area contributed by atoms with Crippen molar-refractivity contribution in [1.29, 1.82) is 0 Å². The number of rotatable bonds is 3. The number of nitrogens with zero attached hydrogens (tertiary/aromatic N) is 1. The van der Waals surface area contributed by atoms with Gasteiger partial charge in [0, 0.05) is 11.8 Å². The Labute approximate surface area is 101 Å². The summed E-state index contributed by atoms with van der Waals surface area (Å²) in [6.07, 6.45) is 4.51. The van der Waals surface area contributed by atoms with Crippen LogP contribution in [0.1, 0.15) is 25.7 Å². The summed E-state index contributed by atoms with van der Waals surface area (Å²) < 4.78 is 0. The number of nitrogens with one attached hydrogen (secondary N) is 1. The van der Waals surface area contributed by atoms with Gasteiger partial charge >= 0.3 is 0 Å². The molecule has 0 aromatic rings. The molecule has 2 fully saturated rings. The molecule has 0 radical (unpaired) electrons. The molecule has 16 heavy (non-hydrogen) atoms. The fourth-order valence-corrected chi connectivity index (χ4v) is 3.11. The molecule has 2 aliphatic heterocycles. The molecule has 0 aromatic heterocycles. The lowest BCUT2D eigenvalue weighted by atomic mass is 10.2. The van der Waals surface area contributed by atoms with Crippen molar-refractivity contribution in [2.45, 2.75) is 30.9 Å². The Hall–Kier alpha value is -0.260. The van der Waals surface area contributed by atoms with Gasteiger partial charge in [-0.15, -0.1) is 11.8 Å². The van der Waals surface area contributed by atoms with Gasteiger partial charge in [-0.05, 0) is 38.8 Å².